The van der Waals surface area contributed by atoms with E-state index in [1.54, 1.807) is 0 Å². The predicted octanol–water partition coefficient (Wildman–Crippen LogP) is -2.51. The largest absolute Gasteiger partial charge is 0.351 e. The molecule has 0 aliphatic rings. The number of unbranched alkanes of at least 4 members (excludes halogenated alkanes) is 1. The van der Waals surface area contributed by atoms with Gasteiger partial charge in [0.25, 0.3) is 0 Å². The molecule has 0 unspecified atom stereocenters. The highest BCUT2D eigenvalue weighted by molar-refractivity contribution is 6.35. The number of amides is 4. The molecule has 0 saturated carbocycles. The lowest BCUT2D eigenvalue weighted by Gasteiger charge is -2.05. The summed E-state index contributed by atoms with van der Waals surface area (Å²) in [5.74, 6) is -2.76. The van der Waals surface area contributed by atoms with Gasteiger partial charge < -0.3 is 21.3 Å². The minimum absolute atomic E-state index is 0.335. The van der Waals surface area contributed by atoms with Crippen molar-refractivity contribution in [1.82, 2.24) is 21.3 Å². The molecule has 0 atom stereocenters. The fraction of sp³-hybridized carbons (Fsp3) is 0.600. The van der Waals surface area contributed by atoms with E-state index in [-0.39, 0.29) is 0 Å². The van der Waals surface area contributed by atoms with Gasteiger partial charge in [0.1, 0.15) is 0 Å². The third-order valence-corrected chi connectivity index (χ3v) is 2.04. The zero-order valence-electron chi connectivity index (χ0n) is 10.5. The molecule has 4 N–H and O–H groups in total. The number of carbonyl (C=O) groups is 4. The number of rotatable bonds is 5. The first-order valence-corrected chi connectivity index (χ1v) is 5.52. The molecule has 8 nitrogen and oxygen atoms in total. The number of likely N-dealkylation sites (N-methyl/N-ethyl adjacent to an activating group) is 2. The Morgan fingerprint density at radius 3 is 1.28 bits per heavy atom. The van der Waals surface area contributed by atoms with Gasteiger partial charge in [-0.1, -0.05) is 0 Å². The first-order chi connectivity index (χ1) is 8.52. The first kappa shape index (κ1) is 15.9. The van der Waals surface area contributed by atoms with E-state index in [0.717, 1.165) is 0 Å². The second-order valence-corrected chi connectivity index (χ2v) is 3.38. The Hall–Kier alpha value is -2.12. The average Bonchev–Trinajstić information content (AvgIpc) is 2.39. The Balaban J connectivity index is 3.52. The van der Waals surface area contributed by atoms with Crippen LogP contribution in [0.25, 0.3) is 0 Å². The van der Waals surface area contributed by atoms with Crippen LogP contribution in [0.15, 0.2) is 0 Å². The quantitative estimate of drug-likeness (QED) is 0.322. The van der Waals surface area contributed by atoms with Crippen LogP contribution in [0.1, 0.15) is 12.8 Å². The Bertz CT molecular complexity index is 298. The van der Waals surface area contributed by atoms with E-state index in [4.69, 9.17) is 0 Å². The Morgan fingerprint density at radius 2 is 1.00 bits per heavy atom. The summed E-state index contributed by atoms with van der Waals surface area (Å²) in [5.41, 5.74) is 0. The van der Waals surface area contributed by atoms with Crippen molar-refractivity contribution in [3.63, 3.8) is 0 Å². The molecular formula is C10H18N4O4. The molecule has 0 radical (unpaired) electrons. The van der Waals surface area contributed by atoms with Crippen molar-refractivity contribution in [3.8, 4) is 0 Å². The molecule has 0 rings (SSSR count). The molecule has 0 fully saturated rings. The van der Waals surface area contributed by atoms with Crippen molar-refractivity contribution in [1.29, 1.82) is 0 Å². The maximum absolute atomic E-state index is 11.0. The van der Waals surface area contributed by atoms with Crippen molar-refractivity contribution in [2.75, 3.05) is 27.2 Å². The molecule has 0 heterocycles. The van der Waals surface area contributed by atoms with E-state index in [1.165, 1.54) is 14.1 Å². The summed E-state index contributed by atoms with van der Waals surface area (Å²) in [6.45, 7) is 0.671. The third kappa shape index (κ3) is 6.46. The van der Waals surface area contributed by atoms with Crippen LogP contribution in [0.3, 0.4) is 0 Å². The molecule has 0 spiro atoms. The summed E-state index contributed by atoms with van der Waals surface area (Å²) in [5, 5.41) is 9.22. The monoisotopic (exact) mass is 258 g/mol. The molecule has 0 bridgehead atoms. The number of carbonyl (C=O) groups excluding carboxylic acids is 4. The van der Waals surface area contributed by atoms with Crippen LogP contribution in [0, 0.1) is 0 Å². The van der Waals surface area contributed by atoms with E-state index in [1.807, 2.05) is 0 Å². The highest BCUT2D eigenvalue weighted by Crippen LogP contribution is 1.85. The summed E-state index contributed by atoms with van der Waals surface area (Å²) in [4.78, 5) is 43.6. The molecule has 4 amide bonds. The second-order valence-electron chi connectivity index (χ2n) is 3.38. The predicted molar refractivity (Wildman–Crippen MR) is 63.4 cm³/mol. The van der Waals surface area contributed by atoms with Gasteiger partial charge in [0, 0.05) is 27.2 Å². The minimum atomic E-state index is -0.692. The van der Waals surface area contributed by atoms with E-state index in [0.29, 0.717) is 25.9 Å². The topological polar surface area (TPSA) is 116 Å². The normalized spacial score (nSPS) is 9.22. The minimum Gasteiger partial charge on any atom is -0.351 e. The van der Waals surface area contributed by atoms with Gasteiger partial charge >= 0.3 is 23.6 Å². The number of hydrogen-bond donors (Lipinski definition) is 4. The molecule has 0 aliphatic heterocycles. The highest BCUT2D eigenvalue weighted by atomic mass is 16.2. The molecular weight excluding hydrogens is 240 g/mol. The Kier molecular flexibility index (Phi) is 7.91. The van der Waals surface area contributed by atoms with Crippen molar-refractivity contribution in [2.45, 2.75) is 12.8 Å². The van der Waals surface area contributed by atoms with Gasteiger partial charge in [0.2, 0.25) is 0 Å². The average molecular weight is 258 g/mol. The lowest BCUT2D eigenvalue weighted by Crippen LogP contribution is -2.39. The van der Waals surface area contributed by atoms with Gasteiger partial charge in [-0.2, -0.15) is 0 Å². The summed E-state index contributed by atoms with van der Waals surface area (Å²) >= 11 is 0. The van der Waals surface area contributed by atoms with Gasteiger partial charge in [-0.25, -0.2) is 0 Å². The second kappa shape index (κ2) is 8.97. The summed E-state index contributed by atoms with van der Waals surface area (Å²) in [6.07, 6.45) is 1.19. The fourth-order valence-corrected chi connectivity index (χ4v) is 1.04. The van der Waals surface area contributed by atoms with E-state index in [9.17, 15) is 19.2 Å². The van der Waals surface area contributed by atoms with Crippen LogP contribution in [0.5, 0.6) is 0 Å². The van der Waals surface area contributed by atoms with Crippen LogP contribution in [0.4, 0.5) is 0 Å². The van der Waals surface area contributed by atoms with Crippen molar-refractivity contribution in [3.05, 3.63) is 0 Å². The molecule has 0 aliphatic carbocycles. The number of nitrogens with one attached hydrogen (secondary N) is 4. The van der Waals surface area contributed by atoms with Gasteiger partial charge in [0.15, 0.2) is 0 Å². The van der Waals surface area contributed by atoms with Gasteiger partial charge in [-0.05, 0) is 12.8 Å². The van der Waals surface area contributed by atoms with E-state index >= 15 is 0 Å². The molecule has 0 aromatic rings. The highest BCUT2D eigenvalue weighted by Gasteiger charge is 2.10. The summed E-state index contributed by atoms with van der Waals surface area (Å²) in [7, 11) is 2.74. The van der Waals surface area contributed by atoms with Crippen molar-refractivity contribution >= 4 is 23.6 Å². The Labute approximate surface area is 105 Å². The molecule has 0 aromatic carbocycles. The van der Waals surface area contributed by atoms with Crippen LogP contribution < -0.4 is 21.3 Å². The zero-order valence-corrected chi connectivity index (χ0v) is 10.5. The summed E-state index contributed by atoms with van der Waals surface area (Å²) < 4.78 is 0. The fourth-order valence-electron chi connectivity index (χ4n) is 1.04. The van der Waals surface area contributed by atoms with Gasteiger partial charge in [0.05, 0.1) is 0 Å². The van der Waals surface area contributed by atoms with E-state index in [2.05, 4.69) is 21.3 Å². The van der Waals surface area contributed by atoms with Crippen LogP contribution in [-0.4, -0.2) is 50.8 Å². The SMILES string of the molecule is CNC(=O)C(=O)NCCCCNC(=O)C(=O)NC. The molecule has 8 heteroatoms. The van der Waals surface area contributed by atoms with Crippen LogP contribution >= 0.6 is 0 Å². The molecule has 102 valence electrons. The van der Waals surface area contributed by atoms with Gasteiger partial charge in [-0.3, -0.25) is 19.2 Å². The third-order valence-electron chi connectivity index (χ3n) is 2.04. The van der Waals surface area contributed by atoms with Gasteiger partial charge in [-0.15, -0.1) is 0 Å². The summed E-state index contributed by atoms with van der Waals surface area (Å²) in [6, 6.07) is 0. The lowest BCUT2D eigenvalue weighted by atomic mass is 10.3. The van der Waals surface area contributed by atoms with Crippen molar-refractivity contribution in [2.24, 2.45) is 0 Å². The molecule has 0 saturated heterocycles. The standard InChI is InChI=1S/C10H18N4O4/c1-11-7(15)9(17)13-5-3-4-6-14-10(18)8(16)12-2/h3-6H2,1-2H3,(H,11,15)(H,12,16)(H,13,17)(H,14,18). The van der Waals surface area contributed by atoms with Crippen LogP contribution in [-0.2, 0) is 19.2 Å². The van der Waals surface area contributed by atoms with Crippen molar-refractivity contribution < 1.29 is 19.2 Å². The smallest absolute Gasteiger partial charge is 0.309 e. The maximum Gasteiger partial charge on any atom is 0.309 e. The Morgan fingerprint density at radius 1 is 0.667 bits per heavy atom. The molecule has 0 aromatic heterocycles. The lowest BCUT2D eigenvalue weighted by molar-refractivity contribution is -0.139. The zero-order chi connectivity index (χ0) is 14.0. The first-order valence-electron chi connectivity index (χ1n) is 5.52. The molecule has 18 heavy (non-hydrogen) atoms. The van der Waals surface area contributed by atoms with E-state index < -0.39 is 23.6 Å². The number of hydrogen-bond acceptors (Lipinski definition) is 4. The maximum atomic E-state index is 11.0. The van der Waals surface area contributed by atoms with Crippen LogP contribution in [0.2, 0.25) is 0 Å².